The van der Waals surface area contributed by atoms with E-state index in [-0.39, 0.29) is 10.3 Å². The molecule has 0 aromatic carbocycles. The van der Waals surface area contributed by atoms with Gasteiger partial charge in [0.05, 0.1) is 11.3 Å². The standard InChI is InChI=1S/C10H6F3N3S/c11-10(12,13)7-1-8(16-9(17)2-7)6-3-14-5-15-4-6/h1-5H,(H,16,17). The molecular formula is C10H6F3N3S. The van der Waals surface area contributed by atoms with Crippen LogP contribution in [0.1, 0.15) is 5.56 Å². The average Bonchev–Trinajstić information content (AvgIpc) is 2.28. The fourth-order valence-electron chi connectivity index (χ4n) is 1.30. The second kappa shape index (κ2) is 4.25. The van der Waals surface area contributed by atoms with Gasteiger partial charge in [0.1, 0.15) is 11.0 Å². The van der Waals surface area contributed by atoms with Crippen molar-refractivity contribution in [1.29, 1.82) is 0 Å². The van der Waals surface area contributed by atoms with E-state index in [1.54, 1.807) is 0 Å². The number of aromatic nitrogens is 3. The fraction of sp³-hybridized carbons (Fsp3) is 0.100. The Morgan fingerprint density at radius 1 is 1.12 bits per heavy atom. The third-order valence-electron chi connectivity index (χ3n) is 2.04. The van der Waals surface area contributed by atoms with Crippen LogP contribution in [0.4, 0.5) is 13.2 Å². The van der Waals surface area contributed by atoms with Gasteiger partial charge in [-0.15, -0.1) is 0 Å². The molecule has 3 nitrogen and oxygen atoms in total. The minimum absolute atomic E-state index is 0.0127. The van der Waals surface area contributed by atoms with Crippen molar-refractivity contribution in [2.24, 2.45) is 0 Å². The number of rotatable bonds is 1. The third kappa shape index (κ3) is 2.68. The van der Waals surface area contributed by atoms with Crippen molar-refractivity contribution in [3.63, 3.8) is 0 Å². The molecule has 0 fully saturated rings. The Morgan fingerprint density at radius 2 is 1.76 bits per heavy atom. The maximum absolute atomic E-state index is 12.6. The van der Waals surface area contributed by atoms with E-state index in [0.717, 1.165) is 12.1 Å². The molecule has 0 amide bonds. The molecular weight excluding hydrogens is 251 g/mol. The molecule has 0 saturated heterocycles. The SMILES string of the molecule is FC(F)(F)c1cc(-c2cncnc2)[nH]c(=S)c1. The van der Waals surface area contributed by atoms with Crippen LogP contribution < -0.4 is 0 Å². The highest BCUT2D eigenvalue weighted by Gasteiger charge is 2.31. The highest BCUT2D eigenvalue weighted by molar-refractivity contribution is 7.71. The molecule has 0 radical (unpaired) electrons. The Balaban J connectivity index is 2.58. The lowest BCUT2D eigenvalue weighted by atomic mass is 10.1. The van der Waals surface area contributed by atoms with Gasteiger partial charge in [0.15, 0.2) is 0 Å². The van der Waals surface area contributed by atoms with Crippen LogP contribution in [-0.2, 0) is 6.18 Å². The Bertz CT molecular complexity index is 577. The van der Waals surface area contributed by atoms with Gasteiger partial charge >= 0.3 is 6.18 Å². The molecule has 2 aromatic heterocycles. The smallest absolute Gasteiger partial charge is 0.346 e. The van der Waals surface area contributed by atoms with Crippen LogP contribution in [-0.4, -0.2) is 15.0 Å². The zero-order valence-electron chi connectivity index (χ0n) is 8.32. The summed E-state index contributed by atoms with van der Waals surface area (Å²) in [6.45, 7) is 0. The minimum atomic E-state index is -4.42. The van der Waals surface area contributed by atoms with E-state index in [1.807, 2.05) is 0 Å². The van der Waals surface area contributed by atoms with E-state index >= 15 is 0 Å². The Labute approximate surface area is 99.4 Å². The van der Waals surface area contributed by atoms with Gasteiger partial charge in [-0.1, -0.05) is 12.2 Å². The molecule has 0 aliphatic carbocycles. The molecule has 2 rings (SSSR count). The van der Waals surface area contributed by atoms with Crippen LogP contribution >= 0.6 is 12.2 Å². The van der Waals surface area contributed by atoms with E-state index in [4.69, 9.17) is 12.2 Å². The number of H-pyrrole nitrogens is 1. The van der Waals surface area contributed by atoms with Gasteiger partial charge in [-0.05, 0) is 12.1 Å². The van der Waals surface area contributed by atoms with E-state index in [2.05, 4.69) is 15.0 Å². The second-order valence-corrected chi connectivity index (χ2v) is 3.71. The molecule has 2 aromatic rings. The molecule has 0 atom stereocenters. The Kier molecular flexibility index (Phi) is 2.93. The van der Waals surface area contributed by atoms with Crippen LogP contribution in [0.25, 0.3) is 11.3 Å². The van der Waals surface area contributed by atoms with Crippen molar-refractivity contribution in [2.75, 3.05) is 0 Å². The number of nitrogens with zero attached hydrogens (tertiary/aromatic N) is 2. The first-order valence-corrected chi connectivity index (χ1v) is 4.94. The number of hydrogen-bond acceptors (Lipinski definition) is 3. The average molecular weight is 257 g/mol. The summed E-state index contributed by atoms with van der Waals surface area (Å²) < 4.78 is 37.7. The van der Waals surface area contributed by atoms with Crippen LogP contribution in [0.2, 0.25) is 0 Å². The summed E-state index contributed by atoms with van der Waals surface area (Å²) in [4.78, 5) is 10.1. The van der Waals surface area contributed by atoms with E-state index in [1.165, 1.54) is 18.7 Å². The second-order valence-electron chi connectivity index (χ2n) is 3.27. The molecule has 0 aliphatic heterocycles. The van der Waals surface area contributed by atoms with Gasteiger partial charge in [0.25, 0.3) is 0 Å². The monoisotopic (exact) mass is 257 g/mol. The molecule has 17 heavy (non-hydrogen) atoms. The quantitative estimate of drug-likeness (QED) is 0.797. The Morgan fingerprint density at radius 3 is 2.35 bits per heavy atom. The number of alkyl halides is 3. The largest absolute Gasteiger partial charge is 0.416 e. The lowest BCUT2D eigenvalue weighted by Crippen LogP contribution is -2.05. The van der Waals surface area contributed by atoms with Crippen molar-refractivity contribution < 1.29 is 13.2 Å². The molecule has 0 unspecified atom stereocenters. The third-order valence-corrected chi connectivity index (χ3v) is 2.26. The number of pyridine rings is 1. The van der Waals surface area contributed by atoms with E-state index in [9.17, 15) is 13.2 Å². The normalized spacial score (nSPS) is 11.5. The summed E-state index contributed by atoms with van der Waals surface area (Å²) in [5.41, 5.74) is -0.102. The van der Waals surface area contributed by atoms with Crippen LogP contribution in [0.5, 0.6) is 0 Å². The Hall–Kier alpha value is -1.76. The zero-order chi connectivity index (χ0) is 12.5. The first kappa shape index (κ1) is 11.7. The highest BCUT2D eigenvalue weighted by atomic mass is 32.1. The molecule has 1 N–H and O–H groups in total. The van der Waals surface area contributed by atoms with Crippen LogP contribution in [0, 0.1) is 4.64 Å². The predicted molar refractivity (Wildman–Crippen MR) is 57.7 cm³/mol. The summed E-state index contributed by atoms with van der Waals surface area (Å²) in [6, 6.07) is 1.86. The molecule has 88 valence electrons. The summed E-state index contributed by atoms with van der Waals surface area (Å²) in [6.07, 6.45) is -0.305. The molecule has 0 aliphatic rings. The number of halogens is 3. The predicted octanol–water partition coefficient (Wildman–Crippen LogP) is 3.22. The van der Waals surface area contributed by atoms with Crippen LogP contribution in [0.3, 0.4) is 0 Å². The van der Waals surface area contributed by atoms with Crippen LogP contribution in [0.15, 0.2) is 30.9 Å². The summed E-state index contributed by atoms with van der Waals surface area (Å²) in [5, 5.41) is 0. The summed E-state index contributed by atoms with van der Waals surface area (Å²) in [7, 11) is 0. The first-order chi connectivity index (χ1) is 7.97. The fourth-order valence-corrected chi connectivity index (χ4v) is 1.54. The van der Waals surface area contributed by atoms with Crippen molar-refractivity contribution >= 4 is 12.2 Å². The summed E-state index contributed by atoms with van der Waals surface area (Å²) >= 11 is 4.76. The minimum Gasteiger partial charge on any atom is -0.346 e. The number of hydrogen-bond donors (Lipinski definition) is 1. The summed E-state index contributed by atoms with van der Waals surface area (Å²) in [5.74, 6) is 0. The van der Waals surface area contributed by atoms with Crippen molar-refractivity contribution in [3.8, 4) is 11.3 Å². The van der Waals surface area contributed by atoms with Gasteiger partial charge in [0, 0.05) is 18.0 Å². The number of aromatic amines is 1. The van der Waals surface area contributed by atoms with Gasteiger partial charge in [0.2, 0.25) is 0 Å². The van der Waals surface area contributed by atoms with Gasteiger partial charge < -0.3 is 4.98 Å². The van der Waals surface area contributed by atoms with Gasteiger partial charge in [-0.25, -0.2) is 9.97 Å². The maximum Gasteiger partial charge on any atom is 0.416 e. The van der Waals surface area contributed by atoms with Crippen molar-refractivity contribution in [1.82, 2.24) is 15.0 Å². The van der Waals surface area contributed by atoms with Gasteiger partial charge in [-0.3, -0.25) is 0 Å². The molecule has 0 bridgehead atoms. The lowest BCUT2D eigenvalue weighted by molar-refractivity contribution is -0.137. The van der Waals surface area contributed by atoms with Crippen molar-refractivity contribution in [3.05, 3.63) is 41.1 Å². The van der Waals surface area contributed by atoms with Gasteiger partial charge in [-0.2, -0.15) is 13.2 Å². The molecule has 0 spiro atoms. The zero-order valence-corrected chi connectivity index (χ0v) is 9.14. The van der Waals surface area contributed by atoms with E-state index in [0.29, 0.717) is 5.56 Å². The maximum atomic E-state index is 12.6. The van der Waals surface area contributed by atoms with Crippen molar-refractivity contribution in [2.45, 2.75) is 6.18 Å². The highest BCUT2D eigenvalue weighted by Crippen LogP contribution is 2.31. The lowest BCUT2D eigenvalue weighted by Gasteiger charge is -2.08. The molecule has 7 heteroatoms. The molecule has 2 heterocycles. The first-order valence-electron chi connectivity index (χ1n) is 4.54. The topological polar surface area (TPSA) is 41.6 Å². The number of nitrogens with one attached hydrogen (secondary N) is 1. The van der Waals surface area contributed by atoms with E-state index < -0.39 is 11.7 Å². The molecule has 0 saturated carbocycles.